The first-order valence-electron chi connectivity index (χ1n) is 5.49. The average Bonchev–Trinajstić information content (AvgIpc) is 2.37. The van der Waals surface area contributed by atoms with Crippen molar-refractivity contribution in [3.05, 3.63) is 59.4 Å². The largest absolute Gasteiger partial charge is 0.478 e. The van der Waals surface area contributed by atoms with Gasteiger partial charge < -0.3 is 5.11 Å². The van der Waals surface area contributed by atoms with Crippen LogP contribution in [0.25, 0.3) is 11.1 Å². The molecule has 0 heterocycles. The van der Waals surface area contributed by atoms with E-state index < -0.39 is 29.1 Å². The summed E-state index contributed by atoms with van der Waals surface area (Å²) in [6.07, 6.45) is -4.73. The Labute approximate surface area is 111 Å². The number of hydrogen-bond acceptors (Lipinski definition) is 1. The molecule has 6 heteroatoms. The molecule has 0 bridgehead atoms. The molecular weight excluding hydrogens is 276 g/mol. The lowest BCUT2D eigenvalue weighted by atomic mass is 9.97. The number of carboxylic acids is 1. The second-order valence-electron chi connectivity index (χ2n) is 4.07. The Morgan fingerprint density at radius 2 is 1.75 bits per heavy atom. The highest BCUT2D eigenvalue weighted by Crippen LogP contribution is 2.37. The van der Waals surface area contributed by atoms with Crippen LogP contribution in [0.5, 0.6) is 0 Å². The van der Waals surface area contributed by atoms with E-state index in [4.69, 9.17) is 5.11 Å². The molecule has 0 aliphatic rings. The third kappa shape index (κ3) is 2.79. The number of alkyl halides is 3. The Morgan fingerprint density at radius 1 is 1.05 bits per heavy atom. The van der Waals surface area contributed by atoms with Gasteiger partial charge in [0.05, 0.1) is 11.1 Å². The Balaban J connectivity index is 2.67. The fraction of sp³-hybridized carbons (Fsp3) is 0.0714. The lowest BCUT2D eigenvalue weighted by molar-refractivity contribution is -0.137. The first-order valence-corrected chi connectivity index (χ1v) is 5.49. The van der Waals surface area contributed by atoms with E-state index in [0.29, 0.717) is 6.07 Å². The molecule has 2 rings (SSSR count). The van der Waals surface area contributed by atoms with E-state index >= 15 is 0 Å². The highest BCUT2D eigenvalue weighted by molar-refractivity contribution is 5.89. The van der Waals surface area contributed by atoms with E-state index in [0.717, 1.165) is 24.3 Å². The predicted molar refractivity (Wildman–Crippen MR) is 63.8 cm³/mol. The maximum absolute atomic E-state index is 13.1. The van der Waals surface area contributed by atoms with Gasteiger partial charge in [0.25, 0.3) is 0 Å². The molecule has 20 heavy (non-hydrogen) atoms. The van der Waals surface area contributed by atoms with Gasteiger partial charge in [-0.15, -0.1) is 0 Å². The summed E-state index contributed by atoms with van der Waals surface area (Å²) in [5, 5.41) is 8.75. The van der Waals surface area contributed by atoms with Crippen LogP contribution < -0.4 is 0 Å². The normalized spacial score (nSPS) is 11.4. The van der Waals surface area contributed by atoms with Crippen LogP contribution in [0.2, 0.25) is 0 Å². The van der Waals surface area contributed by atoms with Crippen molar-refractivity contribution >= 4 is 5.97 Å². The molecule has 2 aromatic carbocycles. The molecule has 0 spiro atoms. The number of carboxylic acid groups (broad SMARTS) is 1. The van der Waals surface area contributed by atoms with E-state index in [2.05, 4.69) is 0 Å². The molecule has 0 amide bonds. The molecule has 0 radical (unpaired) electrons. The third-order valence-corrected chi connectivity index (χ3v) is 2.71. The summed E-state index contributed by atoms with van der Waals surface area (Å²) in [5.41, 5.74) is -1.81. The average molecular weight is 284 g/mol. The Morgan fingerprint density at radius 3 is 2.30 bits per heavy atom. The van der Waals surface area contributed by atoms with Crippen LogP contribution in [-0.4, -0.2) is 11.1 Å². The maximum atomic E-state index is 13.1. The van der Waals surface area contributed by atoms with E-state index in [9.17, 15) is 22.4 Å². The van der Waals surface area contributed by atoms with Crippen molar-refractivity contribution in [2.75, 3.05) is 0 Å². The van der Waals surface area contributed by atoms with Crippen LogP contribution >= 0.6 is 0 Å². The molecule has 2 aromatic rings. The minimum Gasteiger partial charge on any atom is -0.478 e. The summed E-state index contributed by atoms with van der Waals surface area (Å²) in [5.74, 6) is -2.13. The SMILES string of the molecule is O=C(O)c1ccc(-c2cccc(F)c2)c(C(F)(F)F)c1. The summed E-state index contributed by atoms with van der Waals surface area (Å²) in [6, 6.07) is 7.32. The topological polar surface area (TPSA) is 37.3 Å². The van der Waals surface area contributed by atoms with Crippen molar-refractivity contribution in [2.45, 2.75) is 6.18 Å². The minimum atomic E-state index is -4.73. The van der Waals surface area contributed by atoms with Crippen LogP contribution in [0.1, 0.15) is 15.9 Å². The van der Waals surface area contributed by atoms with Gasteiger partial charge in [0.1, 0.15) is 5.82 Å². The molecule has 104 valence electrons. The van der Waals surface area contributed by atoms with E-state index in [1.807, 2.05) is 0 Å². The molecule has 0 aliphatic heterocycles. The van der Waals surface area contributed by atoms with E-state index in [1.54, 1.807) is 0 Å². The molecule has 0 aromatic heterocycles. The van der Waals surface area contributed by atoms with Gasteiger partial charge in [0.15, 0.2) is 0 Å². The zero-order chi connectivity index (χ0) is 14.9. The van der Waals surface area contributed by atoms with Crippen molar-refractivity contribution < 1.29 is 27.5 Å². The van der Waals surface area contributed by atoms with Gasteiger partial charge in [0.2, 0.25) is 0 Å². The molecular formula is C14H8F4O2. The Hall–Kier alpha value is -2.37. The first kappa shape index (κ1) is 14.0. The molecule has 0 fully saturated rings. The highest BCUT2D eigenvalue weighted by Gasteiger charge is 2.34. The Kier molecular flexibility index (Phi) is 3.48. The zero-order valence-electron chi connectivity index (χ0n) is 9.91. The molecule has 0 saturated carbocycles. The van der Waals surface area contributed by atoms with E-state index in [1.165, 1.54) is 12.1 Å². The van der Waals surface area contributed by atoms with Gasteiger partial charge >= 0.3 is 12.1 Å². The summed E-state index contributed by atoms with van der Waals surface area (Å²) < 4.78 is 52.1. The zero-order valence-corrected chi connectivity index (χ0v) is 9.91. The number of hydrogen-bond donors (Lipinski definition) is 1. The highest BCUT2D eigenvalue weighted by atomic mass is 19.4. The molecule has 0 aliphatic carbocycles. The van der Waals surface area contributed by atoms with Gasteiger partial charge in [-0.1, -0.05) is 18.2 Å². The summed E-state index contributed by atoms with van der Waals surface area (Å²) >= 11 is 0. The first-order chi connectivity index (χ1) is 9.29. The lowest BCUT2D eigenvalue weighted by Gasteiger charge is -2.14. The second kappa shape index (κ2) is 4.96. The smallest absolute Gasteiger partial charge is 0.417 e. The quantitative estimate of drug-likeness (QED) is 0.839. The van der Waals surface area contributed by atoms with Crippen LogP contribution in [-0.2, 0) is 6.18 Å². The monoisotopic (exact) mass is 284 g/mol. The summed E-state index contributed by atoms with van der Waals surface area (Å²) in [7, 11) is 0. The molecule has 0 saturated heterocycles. The van der Waals surface area contributed by atoms with Crippen molar-refractivity contribution in [2.24, 2.45) is 0 Å². The minimum absolute atomic E-state index is 0.0364. The van der Waals surface area contributed by atoms with Crippen LogP contribution in [0.15, 0.2) is 42.5 Å². The van der Waals surface area contributed by atoms with Crippen molar-refractivity contribution in [3.8, 4) is 11.1 Å². The summed E-state index contributed by atoms with van der Waals surface area (Å²) in [4.78, 5) is 10.8. The molecule has 0 unspecified atom stereocenters. The number of rotatable bonds is 2. The van der Waals surface area contributed by atoms with Crippen LogP contribution in [0.4, 0.5) is 17.6 Å². The van der Waals surface area contributed by atoms with Gasteiger partial charge in [-0.2, -0.15) is 13.2 Å². The van der Waals surface area contributed by atoms with Gasteiger partial charge in [-0.05, 0) is 35.4 Å². The molecule has 0 atom stereocenters. The summed E-state index contributed by atoms with van der Waals surface area (Å²) in [6.45, 7) is 0. The fourth-order valence-electron chi connectivity index (χ4n) is 1.82. The van der Waals surface area contributed by atoms with Crippen LogP contribution in [0, 0.1) is 5.82 Å². The van der Waals surface area contributed by atoms with Gasteiger partial charge in [0, 0.05) is 0 Å². The number of aromatic carboxylic acids is 1. The van der Waals surface area contributed by atoms with Crippen molar-refractivity contribution in [1.82, 2.24) is 0 Å². The standard InChI is InChI=1S/C14H8F4O2/c15-10-3-1-2-8(6-10)11-5-4-9(13(19)20)7-12(11)14(16,17)18/h1-7H,(H,19,20). The van der Waals surface area contributed by atoms with Crippen LogP contribution in [0.3, 0.4) is 0 Å². The number of benzene rings is 2. The van der Waals surface area contributed by atoms with Crippen molar-refractivity contribution in [1.29, 1.82) is 0 Å². The van der Waals surface area contributed by atoms with Crippen molar-refractivity contribution in [3.63, 3.8) is 0 Å². The number of carbonyl (C=O) groups is 1. The predicted octanol–water partition coefficient (Wildman–Crippen LogP) is 4.21. The maximum Gasteiger partial charge on any atom is 0.417 e. The molecule has 1 N–H and O–H groups in total. The second-order valence-corrected chi connectivity index (χ2v) is 4.07. The van der Waals surface area contributed by atoms with E-state index in [-0.39, 0.29) is 11.1 Å². The fourth-order valence-corrected chi connectivity index (χ4v) is 1.82. The number of halogens is 4. The third-order valence-electron chi connectivity index (χ3n) is 2.71. The Bertz CT molecular complexity index is 662. The van der Waals surface area contributed by atoms with Gasteiger partial charge in [-0.25, -0.2) is 9.18 Å². The van der Waals surface area contributed by atoms with Gasteiger partial charge in [-0.3, -0.25) is 0 Å². The lowest BCUT2D eigenvalue weighted by Crippen LogP contribution is -2.09. The molecule has 2 nitrogen and oxygen atoms in total.